The molecule has 1 heterocycles. The Morgan fingerprint density at radius 3 is 2.41 bits per heavy atom. The van der Waals surface area contributed by atoms with Gasteiger partial charge in [-0.3, -0.25) is 9.36 Å². The lowest BCUT2D eigenvalue weighted by Crippen LogP contribution is -2.24. The number of aromatic nitrogens is 2. The first-order chi connectivity index (χ1) is 15.3. The van der Waals surface area contributed by atoms with E-state index in [1.807, 2.05) is 48.5 Å². The van der Waals surface area contributed by atoms with Crippen LogP contribution in [0.2, 0.25) is 0 Å². The number of thioether (sulfide) groups is 1. The van der Waals surface area contributed by atoms with Crippen LogP contribution in [-0.4, -0.2) is 16.7 Å². The number of ether oxygens (including phenoxy) is 1. The number of methoxy groups -OCH3 is 1. The monoisotopic (exact) mass is 444 g/mol. The second-order valence-electron chi connectivity index (χ2n) is 8.89. The van der Waals surface area contributed by atoms with E-state index in [0.29, 0.717) is 11.9 Å². The lowest BCUT2D eigenvalue weighted by atomic mass is 9.87. The van der Waals surface area contributed by atoms with Crippen LogP contribution in [0.4, 0.5) is 0 Å². The van der Waals surface area contributed by atoms with E-state index < -0.39 is 0 Å². The molecule has 0 aliphatic carbocycles. The molecule has 32 heavy (non-hydrogen) atoms. The fraction of sp³-hybridized carbons (Fsp3) is 0.259. The highest BCUT2D eigenvalue weighted by molar-refractivity contribution is 7.98. The van der Waals surface area contributed by atoms with E-state index in [1.165, 1.54) is 11.1 Å². The van der Waals surface area contributed by atoms with E-state index in [9.17, 15) is 4.79 Å². The van der Waals surface area contributed by atoms with E-state index in [0.717, 1.165) is 27.7 Å². The first-order valence-corrected chi connectivity index (χ1v) is 11.7. The average Bonchev–Trinajstić information content (AvgIpc) is 2.79. The summed E-state index contributed by atoms with van der Waals surface area (Å²) >= 11 is 1.59. The maximum absolute atomic E-state index is 13.4. The molecule has 4 rings (SSSR count). The van der Waals surface area contributed by atoms with Crippen molar-refractivity contribution in [1.29, 1.82) is 0 Å². The predicted octanol–water partition coefficient (Wildman–Crippen LogP) is 6.04. The molecule has 5 heteroatoms. The summed E-state index contributed by atoms with van der Waals surface area (Å²) in [7, 11) is 1.65. The van der Waals surface area contributed by atoms with Gasteiger partial charge in [-0.15, -0.1) is 0 Å². The molecule has 4 aromatic rings. The minimum atomic E-state index is -0.0241. The Bertz CT molecular complexity index is 1290. The quantitative estimate of drug-likeness (QED) is 0.268. The van der Waals surface area contributed by atoms with Crippen molar-refractivity contribution < 1.29 is 4.74 Å². The second-order valence-corrected chi connectivity index (χ2v) is 9.83. The highest BCUT2D eigenvalue weighted by Crippen LogP contribution is 2.26. The minimum absolute atomic E-state index is 0.0241. The predicted molar refractivity (Wildman–Crippen MR) is 133 cm³/mol. The van der Waals surface area contributed by atoms with Crippen molar-refractivity contribution in [2.24, 2.45) is 0 Å². The number of nitrogens with zero attached hydrogens (tertiary/aromatic N) is 2. The normalized spacial score (nSPS) is 11.6. The number of hydrogen-bond donors (Lipinski definition) is 0. The molecule has 0 saturated heterocycles. The van der Waals surface area contributed by atoms with E-state index in [1.54, 1.807) is 23.4 Å². The molecule has 0 saturated carbocycles. The van der Waals surface area contributed by atoms with Gasteiger partial charge in [0, 0.05) is 5.75 Å². The van der Waals surface area contributed by atoms with Crippen molar-refractivity contribution in [1.82, 2.24) is 9.55 Å². The van der Waals surface area contributed by atoms with Crippen LogP contribution in [0, 0.1) is 0 Å². The largest absolute Gasteiger partial charge is 0.497 e. The minimum Gasteiger partial charge on any atom is -0.497 e. The number of rotatable bonds is 6. The van der Waals surface area contributed by atoms with Crippen molar-refractivity contribution in [3.8, 4) is 5.75 Å². The Morgan fingerprint density at radius 2 is 1.69 bits per heavy atom. The Kier molecular flexibility index (Phi) is 6.38. The molecule has 0 fully saturated rings. The summed E-state index contributed by atoms with van der Waals surface area (Å²) in [5, 5.41) is 1.35. The third-order valence-corrected chi connectivity index (χ3v) is 6.54. The molecule has 0 aliphatic rings. The summed E-state index contributed by atoms with van der Waals surface area (Å²) in [5.41, 5.74) is 4.35. The molecule has 164 valence electrons. The summed E-state index contributed by atoms with van der Waals surface area (Å²) in [6, 6.07) is 24.1. The van der Waals surface area contributed by atoms with E-state index >= 15 is 0 Å². The van der Waals surface area contributed by atoms with Gasteiger partial charge in [-0.05, 0) is 46.4 Å². The Labute approximate surface area is 193 Å². The van der Waals surface area contributed by atoms with Crippen LogP contribution in [0.25, 0.3) is 10.9 Å². The van der Waals surface area contributed by atoms with Crippen LogP contribution in [0.3, 0.4) is 0 Å². The van der Waals surface area contributed by atoms with Gasteiger partial charge in [0.1, 0.15) is 5.75 Å². The first kappa shape index (κ1) is 22.2. The van der Waals surface area contributed by atoms with Gasteiger partial charge >= 0.3 is 0 Å². The molecule has 0 unspecified atom stereocenters. The zero-order valence-electron chi connectivity index (χ0n) is 19.0. The highest BCUT2D eigenvalue weighted by atomic mass is 32.2. The van der Waals surface area contributed by atoms with Gasteiger partial charge in [-0.2, -0.15) is 0 Å². The van der Waals surface area contributed by atoms with Gasteiger partial charge in [0.05, 0.1) is 24.6 Å². The van der Waals surface area contributed by atoms with Gasteiger partial charge in [0.2, 0.25) is 0 Å². The summed E-state index contributed by atoms with van der Waals surface area (Å²) < 4.78 is 7.12. The van der Waals surface area contributed by atoms with Gasteiger partial charge in [-0.1, -0.05) is 81.1 Å². The summed E-state index contributed by atoms with van der Waals surface area (Å²) in [6.07, 6.45) is 0. The summed E-state index contributed by atoms with van der Waals surface area (Å²) in [5.74, 6) is 1.52. The van der Waals surface area contributed by atoms with Crippen LogP contribution in [0.1, 0.15) is 37.5 Å². The maximum Gasteiger partial charge on any atom is 0.262 e. The Hall–Kier alpha value is -3.05. The van der Waals surface area contributed by atoms with Gasteiger partial charge in [0.25, 0.3) is 5.56 Å². The number of benzene rings is 3. The van der Waals surface area contributed by atoms with Crippen LogP contribution in [0.15, 0.2) is 82.7 Å². The van der Waals surface area contributed by atoms with Gasteiger partial charge in [0.15, 0.2) is 5.16 Å². The number of fused-ring (bicyclic) bond motifs is 1. The molecule has 0 spiro atoms. The molecule has 0 N–H and O–H groups in total. The third kappa shape index (κ3) is 4.89. The van der Waals surface area contributed by atoms with Gasteiger partial charge < -0.3 is 4.74 Å². The molecule has 3 aromatic carbocycles. The molecule has 0 amide bonds. The molecular formula is C27H28N2O2S. The SMILES string of the molecule is COc1cccc(Cn2c(SCc3ccc(C(C)(C)C)cc3)nc3ccccc3c2=O)c1. The molecule has 0 bridgehead atoms. The third-order valence-electron chi connectivity index (χ3n) is 5.49. The molecule has 4 nitrogen and oxygen atoms in total. The molecule has 0 aliphatic heterocycles. The van der Waals surface area contributed by atoms with E-state index in [-0.39, 0.29) is 11.0 Å². The lowest BCUT2D eigenvalue weighted by Gasteiger charge is -2.19. The Balaban J connectivity index is 1.67. The highest BCUT2D eigenvalue weighted by Gasteiger charge is 2.15. The smallest absolute Gasteiger partial charge is 0.262 e. The standard InChI is InChI=1S/C27H28N2O2S/c1-27(2,3)21-14-12-19(13-15-21)18-32-26-28-24-11-6-5-10-23(24)25(30)29(26)17-20-8-7-9-22(16-20)31-4/h5-16H,17-18H2,1-4H3. The first-order valence-electron chi connectivity index (χ1n) is 10.7. The topological polar surface area (TPSA) is 44.1 Å². The fourth-order valence-corrected chi connectivity index (χ4v) is 4.55. The van der Waals surface area contributed by atoms with Crippen molar-refractivity contribution in [3.05, 3.63) is 99.8 Å². The number of para-hydroxylation sites is 1. The van der Waals surface area contributed by atoms with Crippen LogP contribution in [-0.2, 0) is 17.7 Å². The van der Waals surface area contributed by atoms with E-state index in [4.69, 9.17) is 9.72 Å². The van der Waals surface area contributed by atoms with Crippen molar-refractivity contribution in [2.45, 2.75) is 43.6 Å². The van der Waals surface area contributed by atoms with Crippen molar-refractivity contribution >= 4 is 22.7 Å². The van der Waals surface area contributed by atoms with Crippen molar-refractivity contribution in [2.75, 3.05) is 7.11 Å². The summed E-state index contributed by atoms with van der Waals surface area (Å²) in [6.45, 7) is 7.09. The average molecular weight is 445 g/mol. The zero-order valence-corrected chi connectivity index (χ0v) is 19.8. The van der Waals surface area contributed by atoms with Crippen LogP contribution < -0.4 is 10.3 Å². The fourth-order valence-electron chi connectivity index (χ4n) is 3.60. The number of hydrogen-bond acceptors (Lipinski definition) is 4. The van der Waals surface area contributed by atoms with Crippen molar-refractivity contribution in [3.63, 3.8) is 0 Å². The zero-order chi connectivity index (χ0) is 22.7. The molecule has 1 aromatic heterocycles. The van der Waals surface area contributed by atoms with Crippen LogP contribution >= 0.6 is 11.8 Å². The lowest BCUT2D eigenvalue weighted by molar-refractivity contribution is 0.414. The summed E-state index contributed by atoms with van der Waals surface area (Å²) in [4.78, 5) is 18.2. The molecule has 0 atom stereocenters. The molecular weight excluding hydrogens is 416 g/mol. The Morgan fingerprint density at radius 1 is 0.938 bits per heavy atom. The van der Waals surface area contributed by atoms with Crippen LogP contribution in [0.5, 0.6) is 5.75 Å². The van der Waals surface area contributed by atoms with Gasteiger partial charge in [-0.25, -0.2) is 4.98 Å². The molecule has 0 radical (unpaired) electrons. The second kappa shape index (κ2) is 9.21. The van der Waals surface area contributed by atoms with E-state index in [2.05, 4.69) is 45.0 Å². The maximum atomic E-state index is 13.4.